The minimum atomic E-state index is -4.21. The van der Waals surface area contributed by atoms with Gasteiger partial charge in [0.2, 0.25) is 0 Å². The molecule has 0 aliphatic carbocycles. The highest BCUT2D eigenvalue weighted by Crippen LogP contribution is 2.33. The van der Waals surface area contributed by atoms with Crippen LogP contribution in [0.3, 0.4) is 0 Å². The molecule has 0 spiro atoms. The number of para-hydroxylation sites is 2. The fourth-order valence-electron chi connectivity index (χ4n) is 2.12. The predicted molar refractivity (Wildman–Crippen MR) is 95.7 cm³/mol. The van der Waals surface area contributed by atoms with Crippen molar-refractivity contribution in [2.24, 2.45) is 0 Å². The van der Waals surface area contributed by atoms with Crippen molar-refractivity contribution in [2.75, 3.05) is 17.5 Å². The van der Waals surface area contributed by atoms with Crippen LogP contribution in [-0.2, 0) is 14.8 Å². The molecule has 2 aromatic rings. The number of benzene rings is 2. The average Bonchev–Trinajstić information content (AvgIpc) is 2.57. The van der Waals surface area contributed by atoms with Gasteiger partial charge in [-0.1, -0.05) is 23.7 Å². The van der Waals surface area contributed by atoms with Crippen LogP contribution >= 0.6 is 11.6 Å². The fraction of sp³-hybridized carbons (Fsp3) is 0.235. The van der Waals surface area contributed by atoms with Crippen LogP contribution in [0.2, 0.25) is 5.02 Å². The topological polar surface area (TPSA) is 72.9 Å². The van der Waals surface area contributed by atoms with Crippen molar-refractivity contribution in [2.45, 2.75) is 18.7 Å². The molecule has 1 amide bonds. The third kappa shape index (κ3) is 4.24. The van der Waals surface area contributed by atoms with Gasteiger partial charge in [-0.05, 0) is 50.2 Å². The third-order valence-corrected chi connectivity index (χ3v) is 5.12. The first-order valence-electron chi connectivity index (χ1n) is 7.61. The SMILES string of the molecule is CCOC(=O)N(c1ccccc1OCC)S(=O)(=O)c1ccc(Cl)cc1. The van der Waals surface area contributed by atoms with E-state index in [1.807, 2.05) is 0 Å². The van der Waals surface area contributed by atoms with Gasteiger partial charge in [0.25, 0.3) is 10.0 Å². The molecular weight excluding hydrogens is 366 g/mol. The second-order valence-electron chi connectivity index (χ2n) is 4.82. The van der Waals surface area contributed by atoms with E-state index in [1.54, 1.807) is 32.0 Å². The summed E-state index contributed by atoms with van der Waals surface area (Å²) < 4.78 is 37.1. The Morgan fingerprint density at radius 3 is 2.28 bits per heavy atom. The summed E-state index contributed by atoms with van der Waals surface area (Å²) in [6.45, 7) is 3.70. The Labute approximate surface area is 152 Å². The van der Waals surface area contributed by atoms with Crippen LogP contribution in [0.5, 0.6) is 5.75 Å². The van der Waals surface area contributed by atoms with Gasteiger partial charge in [-0.2, -0.15) is 4.31 Å². The molecule has 0 aliphatic rings. The first-order valence-corrected chi connectivity index (χ1v) is 9.43. The maximum Gasteiger partial charge on any atom is 0.428 e. The van der Waals surface area contributed by atoms with Crippen LogP contribution in [0.1, 0.15) is 13.8 Å². The van der Waals surface area contributed by atoms with E-state index in [4.69, 9.17) is 21.1 Å². The van der Waals surface area contributed by atoms with Crippen molar-refractivity contribution in [3.05, 3.63) is 53.6 Å². The lowest BCUT2D eigenvalue weighted by molar-refractivity contribution is 0.164. The van der Waals surface area contributed by atoms with E-state index < -0.39 is 16.1 Å². The van der Waals surface area contributed by atoms with Gasteiger partial charge in [-0.25, -0.2) is 13.2 Å². The summed E-state index contributed by atoms with van der Waals surface area (Å²) in [5, 5.41) is 0.386. The predicted octanol–water partition coefficient (Wildman–Crippen LogP) is 4.09. The third-order valence-electron chi connectivity index (χ3n) is 3.17. The second-order valence-corrected chi connectivity index (χ2v) is 7.05. The molecule has 0 heterocycles. The molecule has 2 aromatic carbocycles. The first-order chi connectivity index (χ1) is 11.9. The van der Waals surface area contributed by atoms with Crippen LogP contribution < -0.4 is 9.04 Å². The van der Waals surface area contributed by atoms with Crippen molar-refractivity contribution in [3.8, 4) is 5.75 Å². The monoisotopic (exact) mass is 383 g/mol. The summed E-state index contributed by atoms with van der Waals surface area (Å²) in [5.74, 6) is 0.260. The van der Waals surface area contributed by atoms with Gasteiger partial charge in [0.15, 0.2) is 0 Å². The van der Waals surface area contributed by atoms with Crippen LogP contribution in [0, 0.1) is 0 Å². The van der Waals surface area contributed by atoms with Gasteiger partial charge in [0.05, 0.1) is 18.1 Å². The maximum absolute atomic E-state index is 13.0. The van der Waals surface area contributed by atoms with Gasteiger partial charge in [-0.3, -0.25) is 0 Å². The van der Waals surface area contributed by atoms with Crippen molar-refractivity contribution >= 4 is 33.4 Å². The Balaban J connectivity index is 2.61. The number of carbonyl (C=O) groups is 1. The molecule has 0 fully saturated rings. The number of hydrogen-bond donors (Lipinski definition) is 0. The maximum atomic E-state index is 13.0. The zero-order valence-corrected chi connectivity index (χ0v) is 15.4. The Hall–Kier alpha value is -2.25. The molecule has 25 heavy (non-hydrogen) atoms. The van der Waals surface area contributed by atoms with E-state index in [0.29, 0.717) is 15.9 Å². The quantitative estimate of drug-likeness (QED) is 0.751. The number of sulfonamides is 1. The molecule has 134 valence electrons. The lowest BCUT2D eigenvalue weighted by atomic mass is 10.3. The standard InChI is InChI=1S/C17H18ClNO5S/c1-3-23-16-8-6-5-7-15(16)19(17(20)24-4-2)25(21,22)14-11-9-13(18)10-12-14/h5-12H,3-4H2,1-2H3. The summed E-state index contributed by atoms with van der Waals surface area (Å²) in [5.41, 5.74) is 0.0813. The molecule has 6 nitrogen and oxygen atoms in total. The summed E-state index contributed by atoms with van der Waals surface area (Å²) in [6, 6.07) is 11.9. The van der Waals surface area contributed by atoms with Gasteiger partial charge in [-0.15, -0.1) is 0 Å². The van der Waals surface area contributed by atoms with Gasteiger partial charge >= 0.3 is 6.09 Å². The molecule has 0 radical (unpaired) electrons. The number of halogens is 1. The Morgan fingerprint density at radius 1 is 1.04 bits per heavy atom. The molecule has 0 aliphatic heterocycles. The number of rotatable bonds is 6. The van der Waals surface area contributed by atoms with Crippen LogP contribution in [0.4, 0.5) is 10.5 Å². The lowest BCUT2D eigenvalue weighted by Crippen LogP contribution is -2.37. The summed E-state index contributed by atoms with van der Waals surface area (Å²) in [7, 11) is -4.21. The minimum absolute atomic E-state index is 0.0300. The highest BCUT2D eigenvalue weighted by atomic mass is 35.5. The zero-order chi connectivity index (χ0) is 18.4. The molecular formula is C17H18ClNO5S. The molecule has 0 unspecified atom stereocenters. The largest absolute Gasteiger partial charge is 0.492 e. The van der Waals surface area contributed by atoms with E-state index in [2.05, 4.69) is 0 Å². The smallest absolute Gasteiger partial charge is 0.428 e. The summed E-state index contributed by atoms with van der Waals surface area (Å²) in [4.78, 5) is 12.3. The molecule has 0 N–H and O–H groups in total. The summed E-state index contributed by atoms with van der Waals surface area (Å²) in [6.07, 6.45) is -1.01. The molecule has 0 bridgehead atoms. The van der Waals surface area contributed by atoms with Crippen molar-refractivity contribution < 1.29 is 22.7 Å². The fourth-order valence-corrected chi connectivity index (χ4v) is 3.60. The molecule has 0 saturated carbocycles. The number of anilines is 1. The molecule has 2 rings (SSSR count). The number of nitrogens with zero attached hydrogens (tertiary/aromatic N) is 1. The van der Waals surface area contributed by atoms with Crippen molar-refractivity contribution in [3.63, 3.8) is 0 Å². The molecule has 8 heteroatoms. The normalized spacial score (nSPS) is 11.0. The average molecular weight is 384 g/mol. The summed E-state index contributed by atoms with van der Waals surface area (Å²) >= 11 is 5.82. The Bertz CT molecular complexity index is 836. The van der Waals surface area contributed by atoms with Crippen molar-refractivity contribution in [1.29, 1.82) is 0 Å². The highest BCUT2D eigenvalue weighted by molar-refractivity contribution is 7.93. The Morgan fingerprint density at radius 2 is 1.68 bits per heavy atom. The van der Waals surface area contributed by atoms with E-state index in [-0.39, 0.29) is 22.9 Å². The first kappa shape index (κ1) is 19.1. The van der Waals surface area contributed by atoms with E-state index in [0.717, 1.165) is 0 Å². The number of hydrogen-bond acceptors (Lipinski definition) is 5. The minimum Gasteiger partial charge on any atom is -0.492 e. The second kappa shape index (κ2) is 8.22. The van der Waals surface area contributed by atoms with Gasteiger partial charge in [0, 0.05) is 5.02 Å². The van der Waals surface area contributed by atoms with Crippen LogP contribution in [0.15, 0.2) is 53.4 Å². The van der Waals surface area contributed by atoms with E-state index in [9.17, 15) is 13.2 Å². The van der Waals surface area contributed by atoms with Gasteiger partial charge < -0.3 is 9.47 Å². The molecule has 0 aromatic heterocycles. The van der Waals surface area contributed by atoms with Crippen LogP contribution in [0.25, 0.3) is 0 Å². The highest BCUT2D eigenvalue weighted by Gasteiger charge is 2.34. The number of amides is 1. The number of ether oxygens (including phenoxy) is 2. The van der Waals surface area contributed by atoms with Crippen molar-refractivity contribution in [1.82, 2.24) is 0 Å². The lowest BCUT2D eigenvalue weighted by Gasteiger charge is -2.23. The van der Waals surface area contributed by atoms with Gasteiger partial charge in [0.1, 0.15) is 11.4 Å². The number of carbonyl (C=O) groups excluding carboxylic acids is 1. The molecule has 0 saturated heterocycles. The zero-order valence-electron chi connectivity index (χ0n) is 13.8. The Kier molecular flexibility index (Phi) is 6.27. The van der Waals surface area contributed by atoms with Crippen LogP contribution in [-0.4, -0.2) is 27.7 Å². The molecule has 0 atom stereocenters. The van der Waals surface area contributed by atoms with E-state index in [1.165, 1.54) is 30.3 Å². The van der Waals surface area contributed by atoms with E-state index >= 15 is 0 Å².